The zero-order chi connectivity index (χ0) is 13.0. The van der Waals surface area contributed by atoms with Gasteiger partial charge < -0.3 is 9.84 Å². The Labute approximate surface area is 109 Å². The number of aliphatic hydroxyl groups is 1. The van der Waals surface area contributed by atoms with E-state index in [-0.39, 0.29) is 0 Å². The van der Waals surface area contributed by atoms with Gasteiger partial charge in [0.25, 0.3) is 0 Å². The van der Waals surface area contributed by atoms with Crippen LogP contribution in [-0.4, -0.2) is 42.9 Å². The lowest BCUT2D eigenvalue weighted by molar-refractivity contribution is -0.0143. The van der Waals surface area contributed by atoms with Gasteiger partial charge in [-0.25, -0.2) is 0 Å². The molecule has 3 nitrogen and oxygen atoms in total. The van der Waals surface area contributed by atoms with E-state index in [1.165, 1.54) is 0 Å². The molecule has 1 fully saturated rings. The predicted octanol–water partition coefficient (Wildman–Crippen LogP) is 2.00. The molecule has 2 rings (SSSR count). The summed E-state index contributed by atoms with van der Waals surface area (Å²) < 4.78 is 5.37. The number of nitrogens with zero attached hydrogens (tertiary/aromatic N) is 1. The molecule has 1 N–H and O–H groups in total. The fourth-order valence-corrected chi connectivity index (χ4v) is 2.63. The summed E-state index contributed by atoms with van der Waals surface area (Å²) in [5, 5.41) is 10.6. The summed E-state index contributed by atoms with van der Waals surface area (Å²) in [5.41, 5.74) is 0.208. The Morgan fingerprint density at radius 1 is 1.28 bits per heavy atom. The molecule has 1 aliphatic heterocycles. The molecule has 3 heteroatoms. The molecule has 100 valence electrons. The van der Waals surface area contributed by atoms with Crippen molar-refractivity contribution < 1.29 is 9.84 Å². The quantitative estimate of drug-likeness (QED) is 0.886. The maximum atomic E-state index is 10.6. The lowest BCUT2D eigenvalue weighted by Gasteiger charge is -2.36. The van der Waals surface area contributed by atoms with Crippen LogP contribution in [0.2, 0.25) is 0 Å². The molecule has 0 aliphatic carbocycles. The Morgan fingerprint density at radius 3 is 2.44 bits per heavy atom. The van der Waals surface area contributed by atoms with Crippen molar-refractivity contribution in [2.75, 3.05) is 26.7 Å². The molecule has 18 heavy (non-hydrogen) atoms. The van der Waals surface area contributed by atoms with Crippen molar-refractivity contribution >= 4 is 0 Å². The second-order valence-corrected chi connectivity index (χ2v) is 5.35. The van der Waals surface area contributed by atoms with Gasteiger partial charge in [-0.1, -0.05) is 30.3 Å². The molecule has 0 amide bonds. The van der Waals surface area contributed by atoms with Gasteiger partial charge in [0.15, 0.2) is 0 Å². The second kappa shape index (κ2) is 5.83. The lowest BCUT2D eigenvalue weighted by atomic mass is 9.94. The van der Waals surface area contributed by atoms with Crippen LogP contribution in [0.1, 0.15) is 25.3 Å². The normalized spacial score (nSPS) is 21.7. The minimum atomic E-state index is -0.777. The maximum Gasteiger partial charge on any atom is 0.0994 e. The van der Waals surface area contributed by atoms with E-state index in [2.05, 4.69) is 4.90 Å². The van der Waals surface area contributed by atoms with E-state index < -0.39 is 5.60 Å². The van der Waals surface area contributed by atoms with Crippen molar-refractivity contribution in [1.29, 1.82) is 0 Å². The first-order valence-corrected chi connectivity index (χ1v) is 6.65. The third-order valence-electron chi connectivity index (χ3n) is 3.80. The number of hydrogen-bond acceptors (Lipinski definition) is 3. The molecule has 0 radical (unpaired) electrons. The number of β-amino-alcohol motifs (C(OH)–C–C–N with tert-alkyl or cyclic N) is 1. The fourth-order valence-electron chi connectivity index (χ4n) is 2.63. The Bertz CT molecular complexity index is 356. The van der Waals surface area contributed by atoms with Crippen LogP contribution in [0.15, 0.2) is 30.3 Å². The van der Waals surface area contributed by atoms with Crippen LogP contribution >= 0.6 is 0 Å². The van der Waals surface area contributed by atoms with Crippen LogP contribution in [0.5, 0.6) is 0 Å². The van der Waals surface area contributed by atoms with Gasteiger partial charge >= 0.3 is 0 Å². The van der Waals surface area contributed by atoms with Crippen molar-refractivity contribution in [3.8, 4) is 0 Å². The average molecular weight is 249 g/mol. The summed E-state index contributed by atoms with van der Waals surface area (Å²) in [6, 6.07) is 9.90. The minimum Gasteiger partial charge on any atom is -0.384 e. The number of likely N-dealkylation sites (tertiary alicyclic amines) is 1. The van der Waals surface area contributed by atoms with Crippen LogP contribution in [0.25, 0.3) is 0 Å². The number of ether oxygens (including phenoxy) is 1. The van der Waals surface area contributed by atoms with Crippen LogP contribution < -0.4 is 0 Å². The van der Waals surface area contributed by atoms with Gasteiger partial charge in [-0.15, -0.1) is 0 Å². The first kappa shape index (κ1) is 13.5. The molecule has 1 unspecified atom stereocenters. The maximum absolute atomic E-state index is 10.6. The lowest BCUT2D eigenvalue weighted by Crippen LogP contribution is -2.44. The number of methoxy groups -OCH3 is 1. The summed E-state index contributed by atoms with van der Waals surface area (Å²) in [5.74, 6) is 0. The highest BCUT2D eigenvalue weighted by molar-refractivity contribution is 5.21. The molecular weight excluding hydrogens is 226 g/mol. The van der Waals surface area contributed by atoms with Crippen LogP contribution in [0, 0.1) is 0 Å². The molecule has 0 saturated carbocycles. The van der Waals surface area contributed by atoms with Crippen molar-refractivity contribution in [3.63, 3.8) is 0 Å². The van der Waals surface area contributed by atoms with Gasteiger partial charge in [-0.3, -0.25) is 4.90 Å². The van der Waals surface area contributed by atoms with Crippen LogP contribution in [-0.2, 0) is 10.3 Å². The Kier molecular flexibility index (Phi) is 4.38. The molecule has 1 atom stereocenters. The number of rotatable bonds is 4. The van der Waals surface area contributed by atoms with E-state index in [1.54, 1.807) is 7.11 Å². The van der Waals surface area contributed by atoms with Crippen molar-refractivity contribution in [3.05, 3.63) is 35.9 Å². The highest BCUT2D eigenvalue weighted by Gasteiger charge is 2.28. The molecule has 1 heterocycles. The zero-order valence-electron chi connectivity index (χ0n) is 11.3. The van der Waals surface area contributed by atoms with Gasteiger partial charge in [0.2, 0.25) is 0 Å². The van der Waals surface area contributed by atoms with Gasteiger partial charge in [0.05, 0.1) is 11.7 Å². The smallest absolute Gasteiger partial charge is 0.0994 e. The topological polar surface area (TPSA) is 32.7 Å². The SMILES string of the molecule is COC1CCN(CC(C)(O)c2ccccc2)CC1. The average Bonchev–Trinajstić information content (AvgIpc) is 2.40. The highest BCUT2D eigenvalue weighted by Crippen LogP contribution is 2.23. The third kappa shape index (κ3) is 3.31. The van der Waals surface area contributed by atoms with Gasteiger partial charge in [0, 0.05) is 26.7 Å². The van der Waals surface area contributed by atoms with Crippen molar-refractivity contribution in [2.45, 2.75) is 31.5 Å². The molecule has 1 aromatic carbocycles. The molecule has 0 spiro atoms. The first-order chi connectivity index (χ1) is 8.62. The highest BCUT2D eigenvalue weighted by atomic mass is 16.5. The van der Waals surface area contributed by atoms with Crippen LogP contribution in [0.4, 0.5) is 0 Å². The molecular formula is C15H23NO2. The molecule has 1 saturated heterocycles. The van der Waals surface area contributed by atoms with E-state index in [4.69, 9.17) is 4.74 Å². The van der Waals surface area contributed by atoms with E-state index in [1.807, 2.05) is 37.3 Å². The number of benzene rings is 1. The minimum absolute atomic E-state index is 0.392. The van der Waals surface area contributed by atoms with Gasteiger partial charge in [-0.05, 0) is 25.3 Å². The van der Waals surface area contributed by atoms with E-state index >= 15 is 0 Å². The Hall–Kier alpha value is -0.900. The molecule has 1 aliphatic rings. The predicted molar refractivity (Wildman–Crippen MR) is 72.5 cm³/mol. The van der Waals surface area contributed by atoms with Gasteiger partial charge in [-0.2, -0.15) is 0 Å². The molecule has 0 bridgehead atoms. The van der Waals surface area contributed by atoms with Crippen molar-refractivity contribution in [1.82, 2.24) is 4.90 Å². The summed E-state index contributed by atoms with van der Waals surface area (Å²) in [6.45, 7) is 4.58. The van der Waals surface area contributed by atoms with Crippen molar-refractivity contribution in [2.24, 2.45) is 0 Å². The summed E-state index contributed by atoms with van der Waals surface area (Å²) in [4.78, 5) is 2.32. The second-order valence-electron chi connectivity index (χ2n) is 5.35. The van der Waals surface area contributed by atoms with Crippen LogP contribution in [0.3, 0.4) is 0 Å². The third-order valence-corrected chi connectivity index (χ3v) is 3.80. The van der Waals surface area contributed by atoms with Gasteiger partial charge in [0.1, 0.15) is 0 Å². The fraction of sp³-hybridized carbons (Fsp3) is 0.600. The Morgan fingerprint density at radius 2 is 1.89 bits per heavy atom. The summed E-state index contributed by atoms with van der Waals surface area (Å²) in [6.07, 6.45) is 2.51. The number of hydrogen-bond donors (Lipinski definition) is 1. The standard InChI is InChI=1S/C15H23NO2/c1-15(17,13-6-4-3-5-7-13)12-16-10-8-14(18-2)9-11-16/h3-7,14,17H,8-12H2,1-2H3. The molecule has 1 aromatic rings. The largest absolute Gasteiger partial charge is 0.384 e. The zero-order valence-corrected chi connectivity index (χ0v) is 11.3. The van der Waals surface area contributed by atoms with E-state index in [0.29, 0.717) is 12.6 Å². The number of piperidine rings is 1. The Balaban J connectivity index is 1.93. The summed E-state index contributed by atoms with van der Waals surface area (Å²) >= 11 is 0. The first-order valence-electron chi connectivity index (χ1n) is 6.65. The van der Waals surface area contributed by atoms with E-state index in [0.717, 1.165) is 31.5 Å². The van der Waals surface area contributed by atoms with E-state index in [9.17, 15) is 5.11 Å². The monoisotopic (exact) mass is 249 g/mol. The molecule has 0 aromatic heterocycles. The summed E-state index contributed by atoms with van der Waals surface area (Å²) in [7, 11) is 1.78.